The number of nitrogens with zero attached hydrogens (tertiary/aromatic N) is 2. The van der Waals surface area contributed by atoms with Crippen molar-refractivity contribution in [3.8, 4) is 0 Å². The Morgan fingerprint density at radius 1 is 0.837 bits per heavy atom. The number of hydrogen-bond acceptors (Lipinski definition) is 10. The summed E-state index contributed by atoms with van der Waals surface area (Å²) in [4.78, 5) is 56.1. The molecule has 0 bridgehead atoms. The zero-order valence-corrected chi connectivity index (χ0v) is 23.0. The SMILES string of the molecule is CCc1cn([C@@H]2OC(COC(=O)c3ccccc3)=C(OC(=O)c3ccccc3)C2OC(=O)c2ccccc2)c(=O)nc1N. The van der Waals surface area contributed by atoms with Crippen molar-refractivity contribution in [3.63, 3.8) is 0 Å². The molecule has 11 heteroatoms. The lowest BCUT2D eigenvalue weighted by Gasteiger charge is -2.23. The minimum absolute atomic E-state index is 0.0419. The number of hydrogen-bond donors (Lipinski definition) is 1. The quantitative estimate of drug-likeness (QED) is 0.226. The summed E-state index contributed by atoms with van der Waals surface area (Å²) in [6.07, 6.45) is -0.958. The summed E-state index contributed by atoms with van der Waals surface area (Å²) in [5.41, 5.74) is 6.34. The number of carbonyl (C=O) groups excluding carboxylic acids is 3. The molecule has 0 amide bonds. The van der Waals surface area contributed by atoms with Gasteiger partial charge in [0, 0.05) is 11.8 Å². The first kappa shape index (κ1) is 28.8. The Morgan fingerprint density at radius 3 is 1.93 bits per heavy atom. The zero-order chi connectivity index (χ0) is 30.3. The van der Waals surface area contributed by atoms with Crippen LogP contribution in [0, 0.1) is 0 Å². The van der Waals surface area contributed by atoms with E-state index in [1.54, 1.807) is 78.9 Å². The number of carbonyl (C=O) groups is 3. The maximum Gasteiger partial charge on any atom is 0.352 e. The third-order valence-corrected chi connectivity index (χ3v) is 6.57. The Kier molecular flexibility index (Phi) is 8.61. The molecule has 0 saturated heterocycles. The molecule has 4 aromatic rings. The van der Waals surface area contributed by atoms with Crippen LogP contribution in [-0.2, 0) is 25.4 Å². The molecule has 0 fully saturated rings. The van der Waals surface area contributed by atoms with Crippen molar-refractivity contribution in [2.24, 2.45) is 0 Å². The number of nitrogen functional groups attached to an aromatic ring is 1. The Labute approximate surface area is 246 Å². The van der Waals surface area contributed by atoms with Gasteiger partial charge in [-0.25, -0.2) is 19.2 Å². The second-order valence-corrected chi connectivity index (χ2v) is 9.38. The summed E-state index contributed by atoms with van der Waals surface area (Å²) in [6, 6.07) is 24.5. The summed E-state index contributed by atoms with van der Waals surface area (Å²) >= 11 is 0. The van der Waals surface area contributed by atoms with Crippen LogP contribution in [0.2, 0.25) is 0 Å². The van der Waals surface area contributed by atoms with E-state index in [1.165, 1.54) is 18.3 Å². The van der Waals surface area contributed by atoms with Crippen LogP contribution in [-0.4, -0.2) is 40.2 Å². The predicted octanol–water partition coefficient (Wildman–Crippen LogP) is 4.07. The van der Waals surface area contributed by atoms with E-state index in [9.17, 15) is 19.2 Å². The third kappa shape index (κ3) is 6.46. The highest BCUT2D eigenvalue weighted by molar-refractivity contribution is 5.91. The monoisotopic (exact) mass is 581 g/mol. The van der Waals surface area contributed by atoms with Gasteiger partial charge in [0.2, 0.25) is 12.3 Å². The molecule has 1 aromatic heterocycles. The number of aromatic nitrogens is 2. The van der Waals surface area contributed by atoms with Crippen molar-refractivity contribution in [3.05, 3.63) is 141 Å². The highest BCUT2D eigenvalue weighted by atomic mass is 16.6. The van der Waals surface area contributed by atoms with E-state index in [0.29, 0.717) is 12.0 Å². The van der Waals surface area contributed by atoms with Crippen LogP contribution >= 0.6 is 0 Å². The molecule has 1 aliphatic rings. The first-order chi connectivity index (χ1) is 20.9. The van der Waals surface area contributed by atoms with E-state index in [4.69, 9.17) is 24.7 Å². The maximum atomic E-state index is 13.2. The molecule has 0 saturated carbocycles. The lowest BCUT2D eigenvalue weighted by molar-refractivity contribution is -0.0399. The van der Waals surface area contributed by atoms with Gasteiger partial charge in [-0.3, -0.25) is 4.57 Å². The first-order valence-corrected chi connectivity index (χ1v) is 13.4. The highest BCUT2D eigenvalue weighted by Gasteiger charge is 2.45. The van der Waals surface area contributed by atoms with Gasteiger partial charge in [-0.15, -0.1) is 0 Å². The van der Waals surface area contributed by atoms with Crippen molar-refractivity contribution in [2.75, 3.05) is 12.3 Å². The van der Waals surface area contributed by atoms with E-state index in [-0.39, 0.29) is 34.0 Å². The number of nitrogens with two attached hydrogens (primary N) is 1. The molecule has 5 rings (SSSR count). The van der Waals surface area contributed by atoms with Crippen LogP contribution in [0.4, 0.5) is 5.82 Å². The number of esters is 3. The minimum Gasteiger partial charge on any atom is -0.462 e. The van der Waals surface area contributed by atoms with E-state index < -0.39 is 42.5 Å². The summed E-state index contributed by atoms with van der Waals surface area (Å²) in [6.45, 7) is 1.32. The number of anilines is 1. The Morgan fingerprint density at radius 2 is 1.37 bits per heavy atom. The van der Waals surface area contributed by atoms with E-state index in [2.05, 4.69) is 4.98 Å². The molecular weight excluding hydrogens is 554 g/mol. The summed E-state index contributed by atoms with van der Waals surface area (Å²) in [5, 5.41) is 0. The van der Waals surface area contributed by atoms with Crippen LogP contribution in [0.25, 0.3) is 0 Å². The number of benzene rings is 3. The lowest BCUT2D eigenvalue weighted by atomic mass is 10.2. The molecule has 1 unspecified atom stereocenters. The molecule has 2 N–H and O–H groups in total. The van der Waals surface area contributed by atoms with Crippen LogP contribution < -0.4 is 11.4 Å². The molecular formula is C32H27N3O8. The van der Waals surface area contributed by atoms with Crippen LogP contribution in [0.1, 0.15) is 49.8 Å². The van der Waals surface area contributed by atoms with Crippen molar-refractivity contribution in [2.45, 2.75) is 25.7 Å². The van der Waals surface area contributed by atoms with E-state index in [1.807, 2.05) is 6.92 Å². The maximum absolute atomic E-state index is 13.2. The van der Waals surface area contributed by atoms with Gasteiger partial charge in [0.15, 0.2) is 18.1 Å². The van der Waals surface area contributed by atoms with Gasteiger partial charge in [-0.2, -0.15) is 4.98 Å². The van der Waals surface area contributed by atoms with Gasteiger partial charge in [0.05, 0.1) is 16.7 Å². The van der Waals surface area contributed by atoms with Crippen molar-refractivity contribution in [1.29, 1.82) is 0 Å². The summed E-state index contributed by atoms with van der Waals surface area (Å²) < 4.78 is 24.2. The highest BCUT2D eigenvalue weighted by Crippen LogP contribution is 2.37. The van der Waals surface area contributed by atoms with Crippen molar-refractivity contribution >= 4 is 23.7 Å². The predicted molar refractivity (Wildman–Crippen MR) is 154 cm³/mol. The van der Waals surface area contributed by atoms with Gasteiger partial charge in [0.25, 0.3) is 0 Å². The van der Waals surface area contributed by atoms with Crippen molar-refractivity contribution in [1.82, 2.24) is 9.55 Å². The molecule has 0 spiro atoms. The molecule has 43 heavy (non-hydrogen) atoms. The fraction of sp³-hybridized carbons (Fsp3) is 0.156. The Balaban J connectivity index is 1.56. The second-order valence-electron chi connectivity index (χ2n) is 9.38. The fourth-order valence-corrected chi connectivity index (χ4v) is 4.34. The number of aryl methyl sites for hydroxylation is 1. The van der Waals surface area contributed by atoms with Gasteiger partial charge in [-0.05, 0) is 42.8 Å². The zero-order valence-electron chi connectivity index (χ0n) is 23.0. The molecule has 0 radical (unpaired) electrons. The molecule has 2 heterocycles. The molecule has 218 valence electrons. The van der Waals surface area contributed by atoms with Crippen LogP contribution in [0.15, 0.2) is 114 Å². The molecule has 11 nitrogen and oxygen atoms in total. The average Bonchev–Trinajstić information content (AvgIpc) is 3.36. The summed E-state index contributed by atoms with van der Waals surface area (Å²) in [7, 11) is 0. The smallest absolute Gasteiger partial charge is 0.352 e. The molecule has 2 atom stereocenters. The molecule has 1 aliphatic heterocycles. The Bertz CT molecular complexity index is 1720. The minimum atomic E-state index is -1.46. The first-order valence-electron chi connectivity index (χ1n) is 13.4. The summed E-state index contributed by atoms with van der Waals surface area (Å²) in [5.74, 6) is -2.57. The normalized spacial score (nSPS) is 15.8. The van der Waals surface area contributed by atoms with Gasteiger partial charge in [0.1, 0.15) is 5.82 Å². The number of ether oxygens (including phenoxy) is 4. The Hall–Kier alpha value is -5.71. The van der Waals surface area contributed by atoms with E-state index >= 15 is 0 Å². The van der Waals surface area contributed by atoms with Crippen molar-refractivity contribution < 1.29 is 33.3 Å². The second kappa shape index (κ2) is 12.9. The molecule has 3 aromatic carbocycles. The van der Waals surface area contributed by atoms with Gasteiger partial charge < -0.3 is 24.7 Å². The van der Waals surface area contributed by atoms with Gasteiger partial charge >= 0.3 is 23.6 Å². The van der Waals surface area contributed by atoms with Gasteiger partial charge in [-0.1, -0.05) is 61.5 Å². The van der Waals surface area contributed by atoms with E-state index in [0.717, 1.165) is 4.57 Å². The standard InChI is InChI=1S/C32H27N3O8/c1-2-20-18-35(32(39)34-27(20)33)28-26(43-31(38)23-16-10-5-11-17-23)25(42-30(37)22-14-8-4-9-15-22)24(41-28)19-40-29(36)21-12-6-3-7-13-21/h3-18,26,28H,2,19H2,1H3,(H2,33,34,39)/t26?,28-/m1/s1. The largest absolute Gasteiger partial charge is 0.462 e. The average molecular weight is 582 g/mol. The fourth-order valence-electron chi connectivity index (χ4n) is 4.34. The number of rotatable bonds is 9. The van der Waals surface area contributed by atoms with Crippen LogP contribution in [0.3, 0.4) is 0 Å². The lowest BCUT2D eigenvalue weighted by Crippen LogP contribution is -2.36. The van der Waals surface area contributed by atoms with Crippen LogP contribution in [0.5, 0.6) is 0 Å². The third-order valence-electron chi connectivity index (χ3n) is 6.57. The topological polar surface area (TPSA) is 149 Å². The molecule has 0 aliphatic carbocycles.